The second-order valence-electron chi connectivity index (χ2n) is 6.09. The van der Waals surface area contributed by atoms with Gasteiger partial charge in [0.2, 0.25) is 0 Å². The van der Waals surface area contributed by atoms with Gasteiger partial charge in [-0.05, 0) is 44.4 Å². The number of thiocarbonyl (C=S) groups is 1. The van der Waals surface area contributed by atoms with Crippen LogP contribution in [-0.4, -0.2) is 44.3 Å². The van der Waals surface area contributed by atoms with Crippen LogP contribution in [0.2, 0.25) is 0 Å². The van der Waals surface area contributed by atoms with Gasteiger partial charge >= 0.3 is 0 Å². The molecule has 2 N–H and O–H groups in total. The van der Waals surface area contributed by atoms with E-state index in [2.05, 4.69) is 60.0 Å². The van der Waals surface area contributed by atoms with Gasteiger partial charge in [0, 0.05) is 18.7 Å². The molecule has 2 aromatic carbocycles. The van der Waals surface area contributed by atoms with Crippen LogP contribution in [0.15, 0.2) is 54.6 Å². The molecule has 0 aliphatic carbocycles. The molecule has 0 saturated heterocycles. The summed E-state index contributed by atoms with van der Waals surface area (Å²) in [5, 5.41) is 7.28. The molecule has 25 heavy (non-hydrogen) atoms. The summed E-state index contributed by atoms with van der Waals surface area (Å²) in [7, 11) is 5.82. The summed E-state index contributed by atoms with van der Waals surface area (Å²) in [6, 6.07) is 18.7. The van der Waals surface area contributed by atoms with E-state index in [4.69, 9.17) is 17.0 Å². The van der Waals surface area contributed by atoms with Gasteiger partial charge in [-0.2, -0.15) is 0 Å². The van der Waals surface area contributed by atoms with Crippen molar-refractivity contribution in [3.8, 4) is 5.75 Å². The molecular formula is C20H27N3OS. The number of benzene rings is 2. The number of methoxy groups -OCH3 is 1. The molecule has 0 aliphatic rings. The molecular weight excluding hydrogens is 330 g/mol. The van der Waals surface area contributed by atoms with E-state index in [0.717, 1.165) is 24.3 Å². The van der Waals surface area contributed by atoms with Crippen molar-refractivity contribution in [1.29, 1.82) is 0 Å². The summed E-state index contributed by atoms with van der Waals surface area (Å²) in [6.07, 6.45) is 0.951. The van der Waals surface area contributed by atoms with Crippen molar-refractivity contribution in [3.05, 3.63) is 65.7 Å². The first-order valence-corrected chi connectivity index (χ1v) is 8.87. The molecule has 2 aromatic rings. The number of ether oxygens (including phenoxy) is 1. The van der Waals surface area contributed by atoms with Gasteiger partial charge in [-0.25, -0.2) is 0 Å². The lowest BCUT2D eigenvalue weighted by Gasteiger charge is -2.27. The Morgan fingerprint density at radius 1 is 1.04 bits per heavy atom. The predicted octanol–water partition coefficient (Wildman–Crippen LogP) is 3.00. The number of hydrogen-bond acceptors (Lipinski definition) is 3. The standard InChI is InChI=1S/C20H27N3OS/c1-23(2)18(17-11-7-8-12-19(17)24-3)15-22-20(25)21-14-13-16-9-5-4-6-10-16/h4-12,18H,13-15H2,1-3H3,(H2,21,22,25). The van der Waals surface area contributed by atoms with Crippen molar-refractivity contribution < 1.29 is 4.74 Å². The largest absolute Gasteiger partial charge is 0.496 e. The van der Waals surface area contributed by atoms with E-state index in [-0.39, 0.29) is 6.04 Å². The highest BCUT2D eigenvalue weighted by Gasteiger charge is 2.18. The average molecular weight is 358 g/mol. The fourth-order valence-corrected chi connectivity index (χ4v) is 2.91. The van der Waals surface area contributed by atoms with Crippen LogP contribution in [0.1, 0.15) is 17.2 Å². The van der Waals surface area contributed by atoms with Gasteiger partial charge < -0.3 is 20.3 Å². The van der Waals surface area contributed by atoms with E-state index >= 15 is 0 Å². The molecule has 2 rings (SSSR count). The average Bonchev–Trinajstić information content (AvgIpc) is 2.63. The zero-order valence-corrected chi connectivity index (χ0v) is 16.0. The van der Waals surface area contributed by atoms with Crippen molar-refractivity contribution in [2.45, 2.75) is 12.5 Å². The Morgan fingerprint density at radius 2 is 1.72 bits per heavy atom. The lowest BCUT2D eigenvalue weighted by Crippen LogP contribution is -2.41. The third-order valence-electron chi connectivity index (χ3n) is 4.12. The highest BCUT2D eigenvalue weighted by atomic mass is 32.1. The maximum Gasteiger partial charge on any atom is 0.166 e. The van der Waals surface area contributed by atoms with E-state index in [1.807, 2.05) is 24.3 Å². The molecule has 5 heteroatoms. The molecule has 1 unspecified atom stereocenters. The van der Waals surface area contributed by atoms with Crippen LogP contribution in [0.4, 0.5) is 0 Å². The molecule has 0 heterocycles. The van der Waals surface area contributed by atoms with Crippen molar-refractivity contribution in [2.75, 3.05) is 34.3 Å². The first-order valence-electron chi connectivity index (χ1n) is 8.46. The van der Waals surface area contributed by atoms with Crippen LogP contribution in [-0.2, 0) is 6.42 Å². The number of likely N-dealkylation sites (N-methyl/N-ethyl adjacent to an activating group) is 1. The van der Waals surface area contributed by atoms with Gasteiger partial charge in [-0.15, -0.1) is 0 Å². The molecule has 0 radical (unpaired) electrons. The first kappa shape index (κ1) is 19.2. The summed E-state index contributed by atoms with van der Waals surface area (Å²) in [5.74, 6) is 0.894. The SMILES string of the molecule is COc1ccccc1C(CNC(=S)NCCc1ccccc1)N(C)C. The molecule has 0 bridgehead atoms. The minimum absolute atomic E-state index is 0.171. The Kier molecular flexibility index (Phi) is 7.70. The van der Waals surface area contributed by atoms with Crippen LogP contribution in [0.3, 0.4) is 0 Å². The minimum Gasteiger partial charge on any atom is -0.496 e. The molecule has 4 nitrogen and oxygen atoms in total. The van der Waals surface area contributed by atoms with Gasteiger partial charge in [0.1, 0.15) is 5.75 Å². The molecule has 0 aromatic heterocycles. The topological polar surface area (TPSA) is 36.5 Å². The quantitative estimate of drug-likeness (QED) is 0.711. The molecule has 0 saturated carbocycles. The smallest absolute Gasteiger partial charge is 0.166 e. The van der Waals surface area contributed by atoms with Gasteiger partial charge in [0.15, 0.2) is 5.11 Å². The summed E-state index contributed by atoms with van der Waals surface area (Å²) in [5.41, 5.74) is 2.45. The van der Waals surface area contributed by atoms with Crippen LogP contribution < -0.4 is 15.4 Å². The fraction of sp³-hybridized carbons (Fsp3) is 0.350. The third kappa shape index (κ3) is 6.03. The third-order valence-corrected chi connectivity index (χ3v) is 4.41. The van der Waals surface area contributed by atoms with Crippen LogP contribution in [0.25, 0.3) is 0 Å². The monoisotopic (exact) mass is 357 g/mol. The normalized spacial score (nSPS) is 11.8. The zero-order valence-electron chi connectivity index (χ0n) is 15.2. The summed E-state index contributed by atoms with van der Waals surface area (Å²) in [6.45, 7) is 1.53. The Labute approximate surface area is 156 Å². The summed E-state index contributed by atoms with van der Waals surface area (Å²) in [4.78, 5) is 2.16. The van der Waals surface area contributed by atoms with Crippen molar-refractivity contribution in [1.82, 2.24) is 15.5 Å². The molecule has 1 atom stereocenters. The number of nitrogens with one attached hydrogen (secondary N) is 2. The molecule has 0 aliphatic heterocycles. The van der Waals surface area contributed by atoms with E-state index < -0.39 is 0 Å². The van der Waals surface area contributed by atoms with Crippen LogP contribution >= 0.6 is 12.2 Å². The predicted molar refractivity (Wildman–Crippen MR) is 108 cm³/mol. The Hall–Kier alpha value is -2.11. The lowest BCUT2D eigenvalue weighted by molar-refractivity contribution is 0.288. The number of nitrogens with zero attached hydrogens (tertiary/aromatic N) is 1. The number of rotatable bonds is 8. The van der Waals surface area contributed by atoms with Crippen LogP contribution in [0.5, 0.6) is 5.75 Å². The molecule has 0 spiro atoms. The number of hydrogen-bond donors (Lipinski definition) is 2. The van der Waals surface area contributed by atoms with E-state index in [1.54, 1.807) is 7.11 Å². The summed E-state index contributed by atoms with van der Waals surface area (Å²) < 4.78 is 5.49. The second-order valence-corrected chi connectivity index (χ2v) is 6.50. The van der Waals surface area contributed by atoms with Crippen molar-refractivity contribution >= 4 is 17.3 Å². The maximum atomic E-state index is 5.49. The van der Waals surface area contributed by atoms with Crippen molar-refractivity contribution in [3.63, 3.8) is 0 Å². The fourth-order valence-electron chi connectivity index (χ4n) is 2.73. The highest BCUT2D eigenvalue weighted by molar-refractivity contribution is 7.80. The van der Waals surface area contributed by atoms with Crippen molar-refractivity contribution in [2.24, 2.45) is 0 Å². The highest BCUT2D eigenvalue weighted by Crippen LogP contribution is 2.27. The Bertz CT molecular complexity index is 661. The lowest BCUT2D eigenvalue weighted by atomic mass is 10.0. The maximum absolute atomic E-state index is 5.49. The summed E-state index contributed by atoms with van der Waals surface area (Å²) >= 11 is 5.41. The van der Waals surface area contributed by atoms with Gasteiger partial charge in [0.25, 0.3) is 0 Å². The molecule has 134 valence electrons. The van der Waals surface area contributed by atoms with E-state index in [0.29, 0.717) is 11.7 Å². The molecule has 0 amide bonds. The van der Waals surface area contributed by atoms with Crippen LogP contribution in [0, 0.1) is 0 Å². The van der Waals surface area contributed by atoms with E-state index in [9.17, 15) is 0 Å². The Balaban J connectivity index is 1.85. The van der Waals surface area contributed by atoms with Gasteiger partial charge in [-0.1, -0.05) is 48.5 Å². The number of para-hydroxylation sites is 1. The first-order chi connectivity index (χ1) is 12.1. The Morgan fingerprint density at radius 3 is 2.40 bits per heavy atom. The second kappa shape index (κ2) is 10.0. The van der Waals surface area contributed by atoms with Gasteiger partial charge in [-0.3, -0.25) is 0 Å². The molecule has 0 fully saturated rings. The zero-order chi connectivity index (χ0) is 18.1. The van der Waals surface area contributed by atoms with E-state index in [1.165, 1.54) is 5.56 Å². The van der Waals surface area contributed by atoms with Gasteiger partial charge in [0.05, 0.1) is 13.2 Å². The minimum atomic E-state index is 0.171.